The zero-order valence-electron chi connectivity index (χ0n) is 6.31. The summed E-state index contributed by atoms with van der Waals surface area (Å²) in [5.74, 6) is 0. The van der Waals surface area contributed by atoms with Crippen LogP contribution in [0.3, 0.4) is 0 Å². The molecule has 1 aliphatic rings. The topological polar surface area (TPSA) is 64.8 Å². The van der Waals surface area contributed by atoms with Crippen LogP contribution in [0.4, 0.5) is 0 Å². The van der Waals surface area contributed by atoms with Crippen LogP contribution in [0.5, 0.6) is 0 Å². The molecule has 0 aliphatic heterocycles. The molecule has 8 heteroatoms. The summed E-state index contributed by atoms with van der Waals surface area (Å²) in [5.41, 5.74) is 0. The maximum atomic E-state index is 11.1. The quantitative estimate of drug-likeness (QED) is 0.769. The molecule has 0 N–H and O–H groups in total. The molecule has 2 rings (SSSR count). The van der Waals surface area contributed by atoms with Crippen molar-refractivity contribution in [3.8, 4) is 0 Å². The van der Waals surface area contributed by atoms with Crippen LogP contribution in [0.25, 0.3) is 0 Å². The van der Waals surface area contributed by atoms with E-state index in [2.05, 4.69) is 26.2 Å². The molecule has 0 unspecified atom stereocenters. The Hall–Kier alpha value is -0.140. The lowest BCUT2D eigenvalue weighted by atomic mass is 10.7. The Bertz CT molecular complexity index is 439. The molecular weight excluding hydrogens is 281 g/mol. The van der Waals surface area contributed by atoms with Crippen molar-refractivity contribution in [3.05, 3.63) is 4.60 Å². The third-order valence-corrected chi connectivity index (χ3v) is 3.81. The van der Waals surface area contributed by atoms with Crippen LogP contribution in [0.15, 0.2) is 9.63 Å². The van der Waals surface area contributed by atoms with Crippen molar-refractivity contribution in [2.75, 3.05) is 0 Å². The smallest absolute Gasteiger partial charge is 0.229 e. The summed E-state index contributed by atoms with van der Waals surface area (Å²) < 4.78 is 23.7. The largest absolute Gasteiger partial charge is 0.281 e. The number of hydrogen-bond acceptors (Lipinski definition) is 4. The maximum Gasteiger partial charge on any atom is 0.281 e. The second-order valence-electron chi connectivity index (χ2n) is 2.80. The van der Waals surface area contributed by atoms with Crippen LogP contribution in [0, 0.1) is 0 Å². The molecule has 0 saturated heterocycles. The molecule has 1 heterocycles. The van der Waals surface area contributed by atoms with Crippen molar-refractivity contribution in [1.82, 2.24) is 15.0 Å². The Morgan fingerprint density at radius 1 is 1.54 bits per heavy atom. The zero-order chi connectivity index (χ0) is 9.64. The van der Waals surface area contributed by atoms with E-state index < -0.39 is 9.05 Å². The Labute approximate surface area is 87.6 Å². The molecule has 72 valence electrons. The summed E-state index contributed by atoms with van der Waals surface area (Å²) >= 11 is 2.99. The molecule has 1 fully saturated rings. The van der Waals surface area contributed by atoms with Gasteiger partial charge in [0.25, 0.3) is 9.05 Å². The molecule has 1 aromatic rings. The van der Waals surface area contributed by atoms with E-state index in [-0.39, 0.29) is 15.7 Å². The van der Waals surface area contributed by atoms with Gasteiger partial charge in [-0.1, -0.05) is 5.21 Å². The first-order chi connectivity index (χ1) is 6.00. The van der Waals surface area contributed by atoms with E-state index in [0.717, 1.165) is 12.8 Å². The van der Waals surface area contributed by atoms with E-state index >= 15 is 0 Å². The van der Waals surface area contributed by atoms with Gasteiger partial charge in [-0.3, -0.25) is 0 Å². The van der Waals surface area contributed by atoms with Crippen LogP contribution in [0.2, 0.25) is 0 Å². The third-order valence-electron chi connectivity index (χ3n) is 1.74. The molecule has 0 radical (unpaired) electrons. The van der Waals surface area contributed by atoms with Gasteiger partial charge in [-0.25, -0.2) is 13.1 Å². The maximum absolute atomic E-state index is 11.1. The molecule has 0 aromatic carbocycles. The van der Waals surface area contributed by atoms with Crippen molar-refractivity contribution in [3.63, 3.8) is 0 Å². The van der Waals surface area contributed by atoms with Gasteiger partial charge >= 0.3 is 0 Å². The van der Waals surface area contributed by atoms with Crippen molar-refractivity contribution >= 4 is 35.7 Å². The van der Waals surface area contributed by atoms with Crippen LogP contribution < -0.4 is 0 Å². The summed E-state index contributed by atoms with van der Waals surface area (Å²) in [7, 11) is 1.46. The van der Waals surface area contributed by atoms with Crippen LogP contribution in [-0.4, -0.2) is 23.4 Å². The summed E-state index contributed by atoms with van der Waals surface area (Å²) in [5, 5.41) is 7.27. The lowest BCUT2D eigenvalue weighted by Gasteiger charge is -1.99. The van der Waals surface area contributed by atoms with Gasteiger partial charge in [0, 0.05) is 10.7 Å². The standard InChI is InChI=1S/C5H5BrClN3O2S/c6-4-5(13(7,11)12)10(9-8-4)3-1-2-3/h3H,1-2H2. The summed E-state index contributed by atoms with van der Waals surface area (Å²) in [6, 6.07) is 0.141. The first-order valence-corrected chi connectivity index (χ1v) is 6.65. The molecular formula is C5H5BrClN3O2S. The van der Waals surface area contributed by atoms with Gasteiger partial charge < -0.3 is 0 Å². The van der Waals surface area contributed by atoms with E-state index in [1.165, 1.54) is 4.68 Å². The van der Waals surface area contributed by atoms with Gasteiger partial charge in [0.1, 0.15) is 0 Å². The van der Waals surface area contributed by atoms with Gasteiger partial charge in [0.05, 0.1) is 6.04 Å². The highest BCUT2D eigenvalue weighted by Gasteiger charge is 2.33. The van der Waals surface area contributed by atoms with Crippen molar-refractivity contribution in [2.24, 2.45) is 0 Å². The van der Waals surface area contributed by atoms with Crippen molar-refractivity contribution < 1.29 is 8.42 Å². The van der Waals surface area contributed by atoms with E-state index in [1.807, 2.05) is 0 Å². The molecule has 13 heavy (non-hydrogen) atoms. The molecule has 5 nitrogen and oxygen atoms in total. The second kappa shape index (κ2) is 2.93. The normalized spacial score (nSPS) is 17.7. The number of halogens is 2. The molecule has 1 aromatic heterocycles. The molecule has 0 bridgehead atoms. The number of aromatic nitrogens is 3. The number of nitrogens with zero attached hydrogens (tertiary/aromatic N) is 3. The van der Waals surface area contributed by atoms with Gasteiger partial charge in [0.15, 0.2) is 4.60 Å². The van der Waals surface area contributed by atoms with Gasteiger partial charge in [0.2, 0.25) is 5.03 Å². The van der Waals surface area contributed by atoms with E-state index in [4.69, 9.17) is 10.7 Å². The first kappa shape index (κ1) is 9.42. The minimum absolute atomic E-state index is 0.0448. The SMILES string of the molecule is O=S(=O)(Cl)c1c(Br)nnn1C1CC1. The second-order valence-corrected chi connectivity index (χ2v) is 6.03. The van der Waals surface area contributed by atoms with Crippen LogP contribution >= 0.6 is 26.6 Å². The van der Waals surface area contributed by atoms with Crippen LogP contribution in [0.1, 0.15) is 18.9 Å². The monoisotopic (exact) mass is 285 g/mol. The highest BCUT2D eigenvalue weighted by atomic mass is 79.9. The minimum Gasteiger partial charge on any atom is -0.229 e. The third kappa shape index (κ3) is 1.72. The molecule has 0 spiro atoms. The summed E-state index contributed by atoms with van der Waals surface area (Å²) in [6.45, 7) is 0. The Morgan fingerprint density at radius 2 is 2.15 bits per heavy atom. The zero-order valence-corrected chi connectivity index (χ0v) is 9.47. The number of rotatable bonds is 2. The summed E-state index contributed by atoms with van der Waals surface area (Å²) in [4.78, 5) is 0. The van der Waals surface area contributed by atoms with E-state index in [0.29, 0.717) is 0 Å². The van der Waals surface area contributed by atoms with Gasteiger partial charge in [-0.05, 0) is 28.8 Å². The molecule has 0 atom stereocenters. The van der Waals surface area contributed by atoms with Crippen molar-refractivity contribution in [1.29, 1.82) is 0 Å². The Morgan fingerprint density at radius 3 is 2.62 bits per heavy atom. The fourth-order valence-corrected chi connectivity index (χ4v) is 3.29. The highest BCUT2D eigenvalue weighted by molar-refractivity contribution is 9.10. The lowest BCUT2D eigenvalue weighted by Crippen LogP contribution is -2.05. The first-order valence-electron chi connectivity index (χ1n) is 3.55. The predicted molar refractivity (Wildman–Crippen MR) is 49.0 cm³/mol. The van der Waals surface area contributed by atoms with Gasteiger partial charge in [-0.15, -0.1) is 5.10 Å². The molecule has 0 amide bonds. The van der Waals surface area contributed by atoms with Crippen LogP contribution in [-0.2, 0) is 9.05 Å². The molecule has 1 saturated carbocycles. The fraction of sp³-hybridized carbons (Fsp3) is 0.600. The minimum atomic E-state index is -3.76. The fourth-order valence-electron chi connectivity index (χ4n) is 1.04. The van der Waals surface area contributed by atoms with Gasteiger partial charge in [-0.2, -0.15) is 0 Å². The average molecular weight is 287 g/mol. The number of hydrogen-bond donors (Lipinski definition) is 0. The lowest BCUT2D eigenvalue weighted by molar-refractivity contribution is 0.542. The Balaban J connectivity index is 2.59. The Kier molecular flexibility index (Phi) is 2.12. The average Bonchev–Trinajstić information content (AvgIpc) is 2.73. The highest BCUT2D eigenvalue weighted by Crippen LogP contribution is 2.38. The van der Waals surface area contributed by atoms with E-state index in [1.54, 1.807) is 0 Å². The predicted octanol–water partition coefficient (Wildman–Crippen LogP) is 1.30. The summed E-state index contributed by atoms with van der Waals surface area (Å²) in [6.07, 6.45) is 1.85. The molecule has 1 aliphatic carbocycles. The van der Waals surface area contributed by atoms with Crippen molar-refractivity contribution in [2.45, 2.75) is 23.9 Å². The van der Waals surface area contributed by atoms with E-state index in [9.17, 15) is 8.42 Å².